The SMILES string of the molecule is N#CC1CCCN1C(=O)CCC=Cc1ccc([N+](=O)[O-])cc1. The zero-order chi connectivity index (χ0) is 15.9. The monoisotopic (exact) mass is 299 g/mol. The van der Waals surface area contributed by atoms with E-state index >= 15 is 0 Å². The second-order valence-corrected chi connectivity index (χ2v) is 5.16. The Morgan fingerprint density at radius 2 is 2.18 bits per heavy atom. The highest BCUT2D eigenvalue weighted by molar-refractivity contribution is 5.77. The molecule has 1 heterocycles. The van der Waals surface area contributed by atoms with Crippen molar-refractivity contribution in [3.8, 4) is 6.07 Å². The molecule has 22 heavy (non-hydrogen) atoms. The summed E-state index contributed by atoms with van der Waals surface area (Å²) in [7, 11) is 0. The summed E-state index contributed by atoms with van der Waals surface area (Å²) in [5, 5.41) is 19.5. The maximum Gasteiger partial charge on any atom is 0.269 e. The summed E-state index contributed by atoms with van der Waals surface area (Å²) in [5.41, 5.74) is 0.915. The van der Waals surface area contributed by atoms with Crippen LogP contribution in [0.4, 0.5) is 5.69 Å². The van der Waals surface area contributed by atoms with Crippen LogP contribution in [0.15, 0.2) is 30.3 Å². The van der Waals surface area contributed by atoms with E-state index < -0.39 is 4.92 Å². The largest absolute Gasteiger partial charge is 0.327 e. The fourth-order valence-corrected chi connectivity index (χ4v) is 2.48. The third-order valence-corrected chi connectivity index (χ3v) is 3.66. The summed E-state index contributed by atoms with van der Waals surface area (Å²) in [6, 6.07) is 8.13. The Kier molecular flexibility index (Phi) is 5.26. The number of carbonyl (C=O) groups excluding carboxylic acids is 1. The van der Waals surface area contributed by atoms with Gasteiger partial charge in [0.25, 0.3) is 5.69 Å². The van der Waals surface area contributed by atoms with E-state index in [2.05, 4.69) is 6.07 Å². The molecule has 0 N–H and O–H groups in total. The van der Waals surface area contributed by atoms with Crippen molar-refractivity contribution in [1.29, 1.82) is 5.26 Å². The molecule has 1 atom stereocenters. The van der Waals surface area contributed by atoms with Crippen molar-refractivity contribution in [2.75, 3.05) is 6.54 Å². The number of nitro groups is 1. The van der Waals surface area contributed by atoms with E-state index in [4.69, 9.17) is 5.26 Å². The van der Waals surface area contributed by atoms with Gasteiger partial charge in [-0.3, -0.25) is 14.9 Å². The Balaban J connectivity index is 1.81. The van der Waals surface area contributed by atoms with Crippen LogP contribution in [0.2, 0.25) is 0 Å². The average molecular weight is 299 g/mol. The Morgan fingerprint density at radius 3 is 2.82 bits per heavy atom. The number of nitriles is 1. The van der Waals surface area contributed by atoms with Crippen molar-refractivity contribution in [3.05, 3.63) is 46.0 Å². The van der Waals surface area contributed by atoms with E-state index in [0.717, 1.165) is 18.4 Å². The molecule has 1 fully saturated rings. The first kappa shape index (κ1) is 15.7. The number of hydrogen-bond acceptors (Lipinski definition) is 4. The molecule has 1 aromatic rings. The molecular weight excluding hydrogens is 282 g/mol. The van der Waals surface area contributed by atoms with E-state index in [1.54, 1.807) is 17.0 Å². The van der Waals surface area contributed by atoms with E-state index in [9.17, 15) is 14.9 Å². The summed E-state index contributed by atoms with van der Waals surface area (Å²) in [4.78, 5) is 23.8. The van der Waals surface area contributed by atoms with Crippen molar-refractivity contribution in [1.82, 2.24) is 4.90 Å². The maximum absolute atomic E-state index is 12.0. The van der Waals surface area contributed by atoms with Gasteiger partial charge in [0.2, 0.25) is 5.91 Å². The zero-order valence-electron chi connectivity index (χ0n) is 12.1. The summed E-state index contributed by atoms with van der Waals surface area (Å²) >= 11 is 0. The molecular formula is C16H17N3O3. The number of carbonyl (C=O) groups is 1. The second kappa shape index (κ2) is 7.36. The highest BCUT2D eigenvalue weighted by atomic mass is 16.6. The van der Waals surface area contributed by atoms with Gasteiger partial charge in [0.1, 0.15) is 6.04 Å². The van der Waals surface area contributed by atoms with Gasteiger partial charge in [-0.15, -0.1) is 0 Å². The molecule has 0 radical (unpaired) electrons. The topological polar surface area (TPSA) is 87.2 Å². The predicted molar refractivity (Wildman–Crippen MR) is 81.7 cm³/mol. The average Bonchev–Trinajstić information content (AvgIpc) is 3.00. The lowest BCUT2D eigenvalue weighted by atomic mass is 10.1. The van der Waals surface area contributed by atoms with Crippen LogP contribution in [-0.2, 0) is 4.79 Å². The van der Waals surface area contributed by atoms with Gasteiger partial charge in [-0.05, 0) is 37.0 Å². The number of hydrogen-bond donors (Lipinski definition) is 0. The molecule has 1 aromatic carbocycles. The van der Waals surface area contributed by atoms with Crippen LogP contribution >= 0.6 is 0 Å². The third-order valence-electron chi connectivity index (χ3n) is 3.66. The quantitative estimate of drug-likeness (QED) is 0.617. The number of benzene rings is 1. The summed E-state index contributed by atoms with van der Waals surface area (Å²) in [6.07, 6.45) is 6.33. The lowest BCUT2D eigenvalue weighted by Crippen LogP contribution is -2.34. The first-order chi connectivity index (χ1) is 10.6. The minimum Gasteiger partial charge on any atom is -0.327 e. The number of nitro benzene ring substituents is 1. The molecule has 0 spiro atoms. The van der Waals surface area contributed by atoms with Crippen LogP contribution < -0.4 is 0 Å². The van der Waals surface area contributed by atoms with Gasteiger partial charge in [-0.25, -0.2) is 0 Å². The van der Waals surface area contributed by atoms with Crippen molar-refractivity contribution >= 4 is 17.7 Å². The van der Waals surface area contributed by atoms with Crippen molar-refractivity contribution in [3.63, 3.8) is 0 Å². The Labute approximate surface area is 128 Å². The smallest absolute Gasteiger partial charge is 0.269 e. The summed E-state index contributed by atoms with van der Waals surface area (Å²) in [6.45, 7) is 0.670. The van der Waals surface area contributed by atoms with Gasteiger partial charge in [0, 0.05) is 25.1 Å². The lowest BCUT2D eigenvalue weighted by Gasteiger charge is -2.18. The third kappa shape index (κ3) is 3.92. The Hall–Kier alpha value is -2.68. The van der Waals surface area contributed by atoms with E-state index in [-0.39, 0.29) is 17.6 Å². The molecule has 6 heteroatoms. The van der Waals surface area contributed by atoms with E-state index in [0.29, 0.717) is 19.4 Å². The van der Waals surface area contributed by atoms with Gasteiger partial charge in [-0.2, -0.15) is 5.26 Å². The van der Waals surface area contributed by atoms with Crippen LogP contribution in [0, 0.1) is 21.4 Å². The van der Waals surface area contributed by atoms with Crippen LogP contribution in [0.3, 0.4) is 0 Å². The molecule has 1 unspecified atom stereocenters. The standard InChI is InChI=1S/C16H17N3O3/c17-12-15-5-3-11-18(15)16(20)6-2-1-4-13-7-9-14(10-8-13)19(21)22/h1,4,7-10,15H,2-3,5-6,11H2. The minimum atomic E-state index is -0.437. The molecule has 0 aliphatic carbocycles. The van der Waals surface area contributed by atoms with Gasteiger partial charge < -0.3 is 4.90 Å². The lowest BCUT2D eigenvalue weighted by molar-refractivity contribution is -0.384. The highest BCUT2D eigenvalue weighted by Crippen LogP contribution is 2.18. The fourth-order valence-electron chi connectivity index (χ4n) is 2.48. The van der Waals surface area contributed by atoms with Crippen LogP contribution in [-0.4, -0.2) is 28.3 Å². The molecule has 1 saturated heterocycles. The predicted octanol–water partition coefficient (Wildman–Crippen LogP) is 2.90. The van der Waals surface area contributed by atoms with Gasteiger partial charge in [0.05, 0.1) is 11.0 Å². The first-order valence-corrected chi connectivity index (χ1v) is 7.22. The van der Waals surface area contributed by atoms with Crippen molar-refractivity contribution in [2.24, 2.45) is 0 Å². The Morgan fingerprint density at radius 1 is 1.45 bits per heavy atom. The molecule has 2 rings (SSSR count). The number of amides is 1. The van der Waals surface area contributed by atoms with Crippen LogP contribution in [0.1, 0.15) is 31.2 Å². The molecule has 0 aromatic heterocycles. The molecule has 0 bridgehead atoms. The number of non-ortho nitro benzene ring substituents is 1. The number of nitrogens with zero attached hydrogens (tertiary/aromatic N) is 3. The van der Waals surface area contributed by atoms with E-state index in [1.807, 2.05) is 12.2 Å². The number of rotatable bonds is 5. The fraction of sp³-hybridized carbons (Fsp3) is 0.375. The maximum atomic E-state index is 12.0. The highest BCUT2D eigenvalue weighted by Gasteiger charge is 2.27. The second-order valence-electron chi connectivity index (χ2n) is 5.16. The molecule has 1 aliphatic heterocycles. The number of allylic oxidation sites excluding steroid dienone is 1. The Bertz CT molecular complexity index is 617. The van der Waals surface area contributed by atoms with Gasteiger partial charge in [0.15, 0.2) is 0 Å². The van der Waals surface area contributed by atoms with Crippen molar-refractivity contribution < 1.29 is 9.72 Å². The van der Waals surface area contributed by atoms with E-state index in [1.165, 1.54) is 12.1 Å². The molecule has 1 amide bonds. The zero-order valence-corrected chi connectivity index (χ0v) is 12.1. The number of likely N-dealkylation sites (tertiary alicyclic amines) is 1. The van der Waals surface area contributed by atoms with Crippen LogP contribution in [0.5, 0.6) is 0 Å². The molecule has 0 saturated carbocycles. The van der Waals surface area contributed by atoms with Gasteiger partial charge in [-0.1, -0.05) is 12.2 Å². The molecule has 6 nitrogen and oxygen atoms in total. The summed E-state index contributed by atoms with van der Waals surface area (Å²) in [5.74, 6) is 0.0115. The van der Waals surface area contributed by atoms with Crippen LogP contribution in [0.25, 0.3) is 6.08 Å². The molecule has 1 aliphatic rings. The normalized spacial score (nSPS) is 17.6. The first-order valence-electron chi connectivity index (χ1n) is 7.22. The summed E-state index contributed by atoms with van der Waals surface area (Å²) < 4.78 is 0. The van der Waals surface area contributed by atoms with Crippen molar-refractivity contribution in [2.45, 2.75) is 31.7 Å². The molecule has 114 valence electrons. The minimum absolute atomic E-state index is 0.0115. The van der Waals surface area contributed by atoms with Gasteiger partial charge >= 0.3 is 0 Å².